The Kier molecular flexibility index (Phi) is 1.94. The minimum absolute atomic E-state index is 0.823. The van der Waals surface area contributed by atoms with Gasteiger partial charge in [-0.15, -0.1) is 0 Å². The lowest BCUT2D eigenvalue weighted by atomic mass is 9.92. The monoisotopic (exact) mass is 201 g/mol. The molecule has 2 aliphatic rings. The lowest BCUT2D eigenvalue weighted by Gasteiger charge is -2.28. The summed E-state index contributed by atoms with van der Waals surface area (Å²) in [6, 6.07) is 4.28. The second kappa shape index (κ2) is 3.30. The Morgan fingerprint density at radius 3 is 3.20 bits per heavy atom. The highest BCUT2D eigenvalue weighted by Gasteiger charge is 2.22. The second-order valence-electron chi connectivity index (χ2n) is 4.04. The summed E-state index contributed by atoms with van der Waals surface area (Å²) >= 11 is 0. The third-order valence-corrected chi connectivity index (χ3v) is 3.21. The molecule has 1 aromatic rings. The van der Waals surface area contributed by atoms with E-state index in [0.717, 1.165) is 31.7 Å². The first-order valence-electron chi connectivity index (χ1n) is 5.62. The van der Waals surface area contributed by atoms with Gasteiger partial charge >= 0.3 is 0 Å². The third-order valence-electron chi connectivity index (χ3n) is 3.21. The molecule has 0 radical (unpaired) electrons. The zero-order valence-corrected chi connectivity index (χ0v) is 8.97. The lowest BCUT2D eigenvalue weighted by Crippen LogP contribution is -2.17. The van der Waals surface area contributed by atoms with Crippen LogP contribution in [0.4, 0.5) is 5.69 Å². The summed E-state index contributed by atoms with van der Waals surface area (Å²) in [7, 11) is 0. The molecule has 0 fully saturated rings. The van der Waals surface area contributed by atoms with E-state index in [4.69, 9.17) is 4.74 Å². The van der Waals surface area contributed by atoms with Gasteiger partial charge in [0.2, 0.25) is 0 Å². The minimum Gasteiger partial charge on any atom is -0.493 e. The van der Waals surface area contributed by atoms with Gasteiger partial charge in [-0.05, 0) is 23.6 Å². The van der Waals surface area contributed by atoms with E-state index in [9.17, 15) is 0 Å². The Labute approximate surface area is 89.9 Å². The molecule has 1 N–H and O–H groups in total. The Morgan fingerprint density at radius 2 is 2.33 bits per heavy atom. The molecular formula is C13H15NO. The zero-order chi connectivity index (χ0) is 10.3. The lowest BCUT2D eigenvalue weighted by molar-refractivity contribution is 0.316. The van der Waals surface area contributed by atoms with Crippen molar-refractivity contribution in [1.29, 1.82) is 0 Å². The fraction of sp³-hybridized carbons (Fsp3) is 0.385. The van der Waals surface area contributed by atoms with E-state index >= 15 is 0 Å². The van der Waals surface area contributed by atoms with Crippen molar-refractivity contribution in [3.05, 3.63) is 29.3 Å². The van der Waals surface area contributed by atoms with Gasteiger partial charge in [0.25, 0.3) is 0 Å². The number of benzene rings is 1. The molecule has 78 valence electrons. The molecule has 15 heavy (non-hydrogen) atoms. The average molecular weight is 201 g/mol. The van der Waals surface area contributed by atoms with Crippen LogP contribution in [0.1, 0.15) is 24.5 Å². The van der Waals surface area contributed by atoms with Crippen LogP contribution in [0.15, 0.2) is 18.2 Å². The van der Waals surface area contributed by atoms with Crippen LogP contribution in [-0.2, 0) is 6.42 Å². The van der Waals surface area contributed by atoms with E-state index < -0.39 is 0 Å². The van der Waals surface area contributed by atoms with Crippen molar-refractivity contribution < 1.29 is 4.74 Å². The quantitative estimate of drug-likeness (QED) is 0.754. The fourth-order valence-electron chi connectivity index (χ4n) is 2.44. The fourth-order valence-corrected chi connectivity index (χ4v) is 2.44. The molecule has 2 heteroatoms. The van der Waals surface area contributed by atoms with Gasteiger partial charge in [0, 0.05) is 24.2 Å². The molecule has 0 saturated heterocycles. The van der Waals surface area contributed by atoms with E-state index in [-0.39, 0.29) is 0 Å². The normalized spacial score (nSPS) is 17.3. The van der Waals surface area contributed by atoms with Crippen molar-refractivity contribution in [3.8, 4) is 5.75 Å². The summed E-state index contributed by atoms with van der Waals surface area (Å²) in [5, 5.41) is 3.46. The topological polar surface area (TPSA) is 21.3 Å². The van der Waals surface area contributed by atoms with E-state index in [1.807, 2.05) is 0 Å². The van der Waals surface area contributed by atoms with E-state index in [2.05, 4.69) is 30.4 Å². The highest BCUT2D eigenvalue weighted by atomic mass is 16.5. The van der Waals surface area contributed by atoms with Gasteiger partial charge in [-0.1, -0.05) is 19.1 Å². The van der Waals surface area contributed by atoms with Crippen LogP contribution in [0.25, 0.3) is 5.57 Å². The Morgan fingerprint density at radius 1 is 1.40 bits per heavy atom. The molecule has 2 aliphatic heterocycles. The summed E-state index contributed by atoms with van der Waals surface area (Å²) in [5.74, 6) is 1.05. The number of hydrogen-bond acceptors (Lipinski definition) is 2. The maximum Gasteiger partial charge on any atom is 0.128 e. The first kappa shape index (κ1) is 8.84. The van der Waals surface area contributed by atoms with Gasteiger partial charge in [-0.25, -0.2) is 0 Å². The van der Waals surface area contributed by atoms with Crippen LogP contribution >= 0.6 is 0 Å². The van der Waals surface area contributed by atoms with Gasteiger partial charge < -0.3 is 10.1 Å². The van der Waals surface area contributed by atoms with Gasteiger partial charge in [0.15, 0.2) is 0 Å². The van der Waals surface area contributed by atoms with Crippen molar-refractivity contribution >= 4 is 11.3 Å². The molecule has 0 saturated carbocycles. The average Bonchev–Trinajstić information content (AvgIpc) is 2.30. The van der Waals surface area contributed by atoms with Gasteiger partial charge in [0.1, 0.15) is 5.75 Å². The smallest absolute Gasteiger partial charge is 0.128 e. The second-order valence-corrected chi connectivity index (χ2v) is 4.04. The first-order valence-corrected chi connectivity index (χ1v) is 5.62. The standard InChI is InChI=1S/C13H15NO/c1-2-9-3-4-11-12-10(6-8-15-11)5-7-14-13(9)12/h3-5,14H,2,6-8H2,1H3. The Hall–Kier alpha value is -1.44. The number of hydrogen-bond donors (Lipinski definition) is 1. The van der Waals surface area contributed by atoms with Crippen molar-refractivity contribution in [1.82, 2.24) is 0 Å². The van der Waals surface area contributed by atoms with Gasteiger partial charge in [-0.3, -0.25) is 0 Å². The Bertz CT molecular complexity index is 434. The molecule has 2 nitrogen and oxygen atoms in total. The summed E-state index contributed by atoms with van der Waals surface area (Å²) in [4.78, 5) is 0. The zero-order valence-electron chi connectivity index (χ0n) is 8.97. The van der Waals surface area contributed by atoms with E-state index in [1.165, 1.54) is 22.4 Å². The predicted octanol–water partition coefficient (Wildman–Crippen LogP) is 2.84. The summed E-state index contributed by atoms with van der Waals surface area (Å²) in [6.07, 6.45) is 4.41. The summed E-state index contributed by atoms with van der Waals surface area (Å²) in [6.45, 7) is 3.98. The van der Waals surface area contributed by atoms with Gasteiger partial charge in [0.05, 0.1) is 6.61 Å². The van der Waals surface area contributed by atoms with Crippen LogP contribution in [0.5, 0.6) is 5.75 Å². The molecule has 0 bridgehead atoms. The van der Waals surface area contributed by atoms with Crippen LogP contribution in [-0.4, -0.2) is 13.2 Å². The van der Waals surface area contributed by atoms with Gasteiger partial charge in [-0.2, -0.15) is 0 Å². The van der Waals surface area contributed by atoms with Crippen LogP contribution in [0.3, 0.4) is 0 Å². The van der Waals surface area contributed by atoms with Crippen molar-refractivity contribution in [2.24, 2.45) is 0 Å². The number of ether oxygens (including phenoxy) is 1. The Balaban J connectivity index is 2.25. The number of nitrogens with one attached hydrogen (secondary N) is 1. The molecule has 0 aromatic heterocycles. The van der Waals surface area contributed by atoms with Crippen LogP contribution in [0.2, 0.25) is 0 Å². The molecule has 0 spiro atoms. The SMILES string of the molecule is CCc1ccc2c3c1NCC=C3CCO2. The molecule has 0 unspecified atom stereocenters. The summed E-state index contributed by atoms with van der Waals surface area (Å²) < 4.78 is 5.69. The van der Waals surface area contributed by atoms with Crippen molar-refractivity contribution in [2.75, 3.05) is 18.5 Å². The predicted molar refractivity (Wildman–Crippen MR) is 62.4 cm³/mol. The van der Waals surface area contributed by atoms with Crippen molar-refractivity contribution in [3.63, 3.8) is 0 Å². The van der Waals surface area contributed by atoms with E-state index in [1.54, 1.807) is 0 Å². The van der Waals surface area contributed by atoms with Crippen molar-refractivity contribution in [2.45, 2.75) is 19.8 Å². The number of anilines is 1. The maximum absolute atomic E-state index is 5.69. The third kappa shape index (κ3) is 1.24. The molecular weight excluding hydrogens is 186 g/mol. The largest absolute Gasteiger partial charge is 0.493 e. The van der Waals surface area contributed by atoms with Crippen LogP contribution in [0, 0.1) is 0 Å². The first-order chi connectivity index (χ1) is 7.40. The van der Waals surface area contributed by atoms with Crippen LogP contribution < -0.4 is 10.1 Å². The molecule has 0 atom stereocenters. The maximum atomic E-state index is 5.69. The molecule has 0 aliphatic carbocycles. The number of aryl methyl sites for hydroxylation is 1. The molecule has 0 amide bonds. The number of rotatable bonds is 1. The molecule has 1 aromatic carbocycles. The molecule has 2 heterocycles. The molecule has 3 rings (SSSR count). The highest BCUT2D eigenvalue weighted by Crippen LogP contribution is 2.42. The minimum atomic E-state index is 0.823. The summed E-state index contributed by atoms with van der Waals surface area (Å²) in [5.41, 5.74) is 5.46. The highest BCUT2D eigenvalue weighted by molar-refractivity contribution is 5.86. The van der Waals surface area contributed by atoms with E-state index in [0.29, 0.717) is 0 Å².